The Balaban J connectivity index is 0.979. The maximum atomic E-state index is 11.8. The molecule has 4 N–H and O–H groups in total. The first kappa shape index (κ1) is 30.8. The van der Waals surface area contributed by atoms with Gasteiger partial charge in [-0.15, -0.1) is 0 Å². The minimum atomic E-state index is -0.613. The quantitative estimate of drug-likeness (QED) is 0.173. The first-order chi connectivity index (χ1) is 19.8. The molecule has 3 aromatic rings. The summed E-state index contributed by atoms with van der Waals surface area (Å²) < 4.78 is 18.8. The summed E-state index contributed by atoms with van der Waals surface area (Å²) in [5, 5.41) is 23.3. The summed E-state index contributed by atoms with van der Waals surface area (Å²) in [4.78, 5) is 14.1. The molecule has 1 atom stereocenters. The number of hydrogen-bond acceptors (Lipinski definition) is 7. The van der Waals surface area contributed by atoms with Crippen LogP contribution in [0.4, 0.5) is 0 Å². The van der Waals surface area contributed by atoms with Crippen LogP contribution in [-0.2, 0) is 29.0 Å². The molecule has 0 amide bonds. The van der Waals surface area contributed by atoms with E-state index in [0.29, 0.717) is 19.7 Å². The normalized spacial score (nSPS) is 14.9. The highest BCUT2D eigenvalue weighted by atomic mass is 16.7. The molecule has 2 aromatic carbocycles. The summed E-state index contributed by atoms with van der Waals surface area (Å²) in [6.45, 7) is 7.70. The fourth-order valence-electron chi connectivity index (χ4n) is 4.98. The van der Waals surface area contributed by atoms with Gasteiger partial charge in [0.15, 0.2) is 0 Å². The van der Waals surface area contributed by atoms with E-state index in [9.17, 15) is 15.0 Å². The third-order valence-corrected chi connectivity index (χ3v) is 7.25. The Bertz CT molecular complexity index is 1280. The summed E-state index contributed by atoms with van der Waals surface area (Å²) in [6.07, 6.45) is 8.32. The minimum absolute atomic E-state index is 0.117. The van der Waals surface area contributed by atoms with Crippen molar-refractivity contribution in [3.63, 3.8) is 0 Å². The van der Waals surface area contributed by atoms with Crippen LogP contribution in [0.25, 0.3) is 0 Å². The summed E-state index contributed by atoms with van der Waals surface area (Å²) in [5.41, 5.74) is 3.82. The number of aromatic nitrogens is 2. The highest BCUT2D eigenvalue weighted by molar-refractivity contribution is 5.39. The van der Waals surface area contributed by atoms with Gasteiger partial charge in [-0.25, -0.2) is 4.79 Å². The molecule has 0 saturated heterocycles. The van der Waals surface area contributed by atoms with Crippen molar-refractivity contribution in [3.05, 3.63) is 81.4 Å². The lowest BCUT2D eigenvalue weighted by Gasteiger charge is -2.33. The van der Waals surface area contributed by atoms with Crippen LogP contribution in [-0.4, -0.2) is 51.9 Å². The minimum Gasteiger partial charge on any atom is -0.493 e. The van der Waals surface area contributed by atoms with E-state index >= 15 is 0 Å². The predicted molar refractivity (Wildman–Crippen MR) is 158 cm³/mol. The maximum Gasteiger partial charge on any atom is 0.328 e. The molecular formula is C32H45N3O6. The summed E-state index contributed by atoms with van der Waals surface area (Å²) in [6, 6.07) is 14.0. The van der Waals surface area contributed by atoms with E-state index in [-0.39, 0.29) is 11.6 Å². The van der Waals surface area contributed by atoms with Crippen LogP contribution in [0.2, 0.25) is 0 Å². The highest BCUT2D eigenvalue weighted by Gasteiger charge is 2.27. The van der Waals surface area contributed by atoms with E-state index in [1.807, 2.05) is 44.2 Å². The number of nitrogens with zero attached hydrogens (tertiary/aromatic N) is 1. The fraction of sp³-hybridized carbons (Fsp3) is 0.531. The van der Waals surface area contributed by atoms with Gasteiger partial charge in [0.05, 0.1) is 25.5 Å². The molecule has 9 nitrogen and oxygen atoms in total. The highest BCUT2D eigenvalue weighted by Crippen LogP contribution is 2.32. The van der Waals surface area contributed by atoms with Gasteiger partial charge in [-0.05, 0) is 67.5 Å². The second kappa shape index (κ2) is 15.2. The van der Waals surface area contributed by atoms with Gasteiger partial charge < -0.3 is 29.7 Å². The molecule has 0 bridgehead atoms. The molecule has 224 valence electrons. The Morgan fingerprint density at radius 3 is 2.63 bits per heavy atom. The number of aliphatic hydroxyl groups excluding tert-OH is 1. The number of aromatic amines is 1. The van der Waals surface area contributed by atoms with Gasteiger partial charge in [-0.1, -0.05) is 43.2 Å². The van der Waals surface area contributed by atoms with Crippen molar-refractivity contribution in [1.29, 1.82) is 0 Å². The zero-order chi connectivity index (χ0) is 29.1. The average molecular weight is 568 g/mol. The van der Waals surface area contributed by atoms with E-state index in [1.165, 1.54) is 16.3 Å². The van der Waals surface area contributed by atoms with Gasteiger partial charge in [-0.2, -0.15) is 0 Å². The number of unbranched alkanes of at least 4 members (excludes halogenated alkanes) is 4. The number of benzene rings is 2. The number of nitrogens with one attached hydrogen (secondary N) is 2. The second-order valence-electron chi connectivity index (χ2n) is 11.3. The molecule has 0 unspecified atom stereocenters. The lowest BCUT2D eigenvalue weighted by atomic mass is 10.0. The van der Waals surface area contributed by atoms with Crippen molar-refractivity contribution in [2.75, 3.05) is 26.3 Å². The Labute approximate surface area is 242 Å². The van der Waals surface area contributed by atoms with Gasteiger partial charge >= 0.3 is 5.69 Å². The standard InChI is InChI=1S/C32H45N3O6/c1-32(2)40-23-27-19-26(13-14-29(27)41-32)28(36)20-33-15-6-3-4-7-16-39-17-8-5-10-24-11-9-12-25(18-24)21-35-22-30(37)34-31(35)38/h9,11-14,18-19,22,28,33,36-37H,3-8,10,15-17,20-21,23H2,1-2H3,(H,34,38)/t28-/m0/s1. The zero-order valence-corrected chi connectivity index (χ0v) is 24.4. The van der Waals surface area contributed by atoms with Crippen molar-refractivity contribution >= 4 is 0 Å². The van der Waals surface area contributed by atoms with Gasteiger partial charge in [-0.3, -0.25) is 9.55 Å². The lowest BCUT2D eigenvalue weighted by Crippen LogP contribution is -2.35. The van der Waals surface area contributed by atoms with E-state index in [0.717, 1.165) is 87.1 Å². The molecule has 0 fully saturated rings. The van der Waals surface area contributed by atoms with Gasteiger partial charge in [0.1, 0.15) is 5.75 Å². The molecule has 1 aliphatic rings. The number of aryl methyl sites for hydroxylation is 1. The van der Waals surface area contributed by atoms with Crippen LogP contribution < -0.4 is 15.7 Å². The van der Waals surface area contributed by atoms with E-state index < -0.39 is 11.9 Å². The molecular weight excluding hydrogens is 522 g/mol. The number of aromatic hydroxyl groups is 1. The Hall–Kier alpha value is -3.11. The van der Waals surface area contributed by atoms with Crippen molar-refractivity contribution < 1.29 is 24.4 Å². The van der Waals surface area contributed by atoms with Crippen LogP contribution >= 0.6 is 0 Å². The molecule has 9 heteroatoms. The number of aliphatic hydroxyl groups is 1. The van der Waals surface area contributed by atoms with Gasteiger partial charge in [0, 0.05) is 39.2 Å². The topological polar surface area (TPSA) is 118 Å². The maximum absolute atomic E-state index is 11.8. The number of H-pyrrole nitrogens is 1. The van der Waals surface area contributed by atoms with Crippen LogP contribution in [0.3, 0.4) is 0 Å². The third kappa shape index (κ3) is 10.0. The van der Waals surface area contributed by atoms with Crippen molar-refractivity contribution in [2.45, 2.75) is 83.8 Å². The van der Waals surface area contributed by atoms with E-state index in [1.54, 1.807) is 0 Å². The zero-order valence-electron chi connectivity index (χ0n) is 24.4. The van der Waals surface area contributed by atoms with E-state index in [2.05, 4.69) is 22.4 Å². The van der Waals surface area contributed by atoms with Gasteiger partial charge in [0.25, 0.3) is 0 Å². The molecule has 0 saturated carbocycles. The molecule has 4 rings (SSSR count). The molecule has 0 radical (unpaired) electrons. The van der Waals surface area contributed by atoms with Crippen molar-refractivity contribution in [3.8, 4) is 11.6 Å². The van der Waals surface area contributed by atoms with Crippen molar-refractivity contribution in [1.82, 2.24) is 14.9 Å². The van der Waals surface area contributed by atoms with Crippen LogP contribution in [0.1, 0.15) is 80.7 Å². The Morgan fingerprint density at radius 2 is 1.83 bits per heavy atom. The first-order valence-corrected chi connectivity index (χ1v) is 14.8. The molecule has 1 aliphatic heterocycles. The molecule has 2 heterocycles. The Morgan fingerprint density at radius 1 is 1.05 bits per heavy atom. The fourth-order valence-corrected chi connectivity index (χ4v) is 4.98. The number of rotatable bonds is 17. The molecule has 0 aliphatic carbocycles. The Kier molecular flexibility index (Phi) is 11.4. The number of hydrogen-bond donors (Lipinski definition) is 4. The summed E-state index contributed by atoms with van der Waals surface area (Å²) >= 11 is 0. The van der Waals surface area contributed by atoms with Crippen LogP contribution in [0, 0.1) is 0 Å². The van der Waals surface area contributed by atoms with Gasteiger partial charge in [0.2, 0.25) is 11.7 Å². The lowest BCUT2D eigenvalue weighted by molar-refractivity contribution is -0.180. The molecule has 0 spiro atoms. The summed E-state index contributed by atoms with van der Waals surface area (Å²) in [5.74, 6) is 0.0930. The largest absolute Gasteiger partial charge is 0.493 e. The first-order valence-electron chi connectivity index (χ1n) is 14.8. The summed E-state index contributed by atoms with van der Waals surface area (Å²) in [7, 11) is 0. The number of ether oxygens (including phenoxy) is 3. The SMILES string of the molecule is CC1(C)OCc2cc([C@@H](O)CNCCCCCCOCCCCc3cccc(Cn4cc(O)[nH]c4=O)c3)ccc2O1. The molecule has 1 aromatic heterocycles. The number of imidazole rings is 1. The third-order valence-electron chi connectivity index (χ3n) is 7.25. The predicted octanol–water partition coefficient (Wildman–Crippen LogP) is 4.80. The van der Waals surface area contributed by atoms with E-state index in [4.69, 9.17) is 14.2 Å². The monoisotopic (exact) mass is 567 g/mol. The second-order valence-corrected chi connectivity index (χ2v) is 11.3. The average Bonchev–Trinajstić information content (AvgIpc) is 3.26. The molecule has 41 heavy (non-hydrogen) atoms. The number of fused-ring (bicyclic) bond motifs is 1. The van der Waals surface area contributed by atoms with Crippen molar-refractivity contribution in [2.24, 2.45) is 0 Å². The van der Waals surface area contributed by atoms with Crippen LogP contribution in [0.5, 0.6) is 11.6 Å². The van der Waals surface area contributed by atoms with Crippen LogP contribution in [0.15, 0.2) is 53.5 Å². The smallest absolute Gasteiger partial charge is 0.328 e.